The highest BCUT2D eigenvalue weighted by Gasteiger charge is 2.25. The predicted octanol–water partition coefficient (Wildman–Crippen LogP) is 7.39. The van der Waals surface area contributed by atoms with Crippen LogP contribution in [0.5, 0.6) is 5.75 Å². The predicted molar refractivity (Wildman–Crippen MR) is 154 cm³/mol. The summed E-state index contributed by atoms with van der Waals surface area (Å²) in [6, 6.07) is 22.4. The number of alkyl halides is 2. The van der Waals surface area contributed by atoms with E-state index >= 15 is 0 Å². The number of thiophene rings is 1. The third kappa shape index (κ3) is 5.69. The number of aryl methyl sites for hydroxylation is 1. The number of primary amides is 1. The molecule has 41 heavy (non-hydrogen) atoms. The van der Waals surface area contributed by atoms with Gasteiger partial charge in [0.1, 0.15) is 33.5 Å². The Balaban J connectivity index is 1.28. The summed E-state index contributed by atoms with van der Waals surface area (Å²) < 4.78 is 38.0. The zero-order chi connectivity index (χ0) is 29.3. The lowest BCUT2D eigenvalue weighted by molar-refractivity contribution is 0.0992. The number of benzene rings is 2. The molecule has 0 aliphatic carbocycles. The van der Waals surface area contributed by atoms with Crippen LogP contribution in [0.3, 0.4) is 0 Å². The minimum Gasteiger partial charge on any atom is -0.486 e. The van der Waals surface area contributed by atoms with E-state index in [-0.39, 0.29) is 33.2 Å². The number of halogens is 2. The number of amides is 2. The average molecular weight is 576 g/mol. The molecule has 3 heterocycles. The zero-order valence-electron chi connectivity index (χ0n) is 22.5. The molecule has 5 aromatic rings. The van der Waals surface area contributed by atoms with Gasteiger partial charge >= 0.3 is 0 Å². The van der Waals surface area contributed by atoms with Gasteiger partial charge in [0.05, 0.1) is 5.69 Å². The molecule has 0 aliphatic rings. The number of fused-ring (bicyclic) bond motifs is 1. The highest BCUT2D eigenvalue weighted by atomic mass is 32.1. The highest BCUT2D eigenvalue weighted by molar-refractivity contribution is 7.21. The van der Waals surface area contributed by atoms with Crippen molar-refractivity contribution in [1.29, 1.82) is 0 Å². The molecule has 0 atom stereocenters. The monoisotopic (exact) mass is 575 g/mol. The van der Waals surface area contributed by atoms with E-state index in [1.807, 2.05) is 42.5 Å². The molecule has 3 N–H and O–H groups in total. The van der Waals surface area contributed by atoms with E-state index in [0.29, 0.717) is 22.5 Å². The molecule has 0 bridgehead atoms. The lowest BCUT2D eigenvalue weighted by Crippen LogP contribution is -2.18. The Morgan fingerprint density at radius 3 is 2.39 bits per heavy atom. The number of pyridine rings is 1. The number of rotatable bonds is 9. The Bertz CT molecular complexity index is 1730. The van der Waals surface area contributed by atoms with Crippen LogP contribution < -0.4 is 15.8 Å². The number of anilines is 1. The fraction of sp³-hybridized carbons (Fsp3) is 0.194. The van der Waals surface area contributed by atoms with Crippen LogP contribution in [0.25, 0.3) is 10.2 Å². The molecule has 0 unspecified atom stereocenters. The molecule has 0 saturated heterocycles. The first-order valence-corrected chi connectivity index (χ1v) is 13.6. The van der Waals surface area contributed by atoms with Crippen molar-refractivity contribution in [1.82, 2.24) is 4.98 Å². The highest BCUT2D eigenvalue weighted by Crippen LogP contribution is 2.38. The van der Waals surface area contributed by atoms with Crippen molar-refractivity contribution in [3.63, 3.8) is 0 Å². The zero-order valence-corrected chi connectivity index (χ0v) is 23.4. The van der Waals surface area contributed by atoms with E-state index in [1.165, 1.54) is 17.7 Å². The normalized spacial score (nSPS) is 11.7. The molecule has 5 rings (SSSR count). The smallest absolute Gasteiger partial charge is 0.291 e. The first kappa shape index (κ1) is 28.0. The van der Waals surface area contributed by atoms with Crippen molar-refractivity contribution in [2.45, 2.75) is 39.2 Å². The van der Waals surface area contributed by atoms with Crippen molar-refractivity contribution >= 4 is 39.1 Å². The van der Waals surface area contributed by atoms with Gasteiger partial charge in [-0.25, -0.2) is 13.8 Å². The standard InChI is InChI=1S/C31H27F2N3O4S/c1-17-15-22(27(32)33)35-30-24(17)25(26(41-30)28(34)37)36-29(38)23-14-13-21(40-23)16-39-20-11-9-19(10-12-20)31(2,3)18-7-5-4-6-8-18/h4-15,27H,16H2,1-3H3,(H2,34,37)(H,36,38). The van der Waals surface area contributed by atoms with Crippen LogP contribution in [0, 0.1) is 6.92 Å². The Morgan fingerprint density at radius 1 is 1.05 bits per heavy atom. The summed E-state index contributed by atoms with van der Waals surface area (Å²) in [7, 11) is 0. The Labute approximate surface area is 239 Å². The van der Waals surface area contributed by atoms with E-state index in [2.05, 4.69) is 36.3 Å². The fourth-order valence-corrected chi connectivity index (χ4v) is 5.67. The van der Waals surface area contributed by atoms with E-state index in [4.69, 9.17) is 14.9 Å². The van der Waals surface area contributed by atoms with Gasteiger partial charge in [-0.1, -0.05) is 56.3 Å². The van der Waals surface area contributed by atoms with E-state index in [9.17, 15) is 18.4 Å². The summed E-state index contributed by atoms with van der Waals surface area (Å²) in [6.45, 7) is 6.01. The first-order chi connectivity index (χ1) is 19.5. The summed E-state index contributed by atoms with van der Waals surface area (Å²) in [5.74, 6) is -0.417. The van der Waals surface area contributed by atoms with Gasteiger partial charge in [0, 0.05) is 10.8 Å². The third-order valence-electron chi connectivity index (χ3n) is 6.90. The van der Waals surface area contributed by atoms with Crippen molar-refractivity contribution in [3.05, 3.63) is 112 Å². The van der Waals surface area contributed by atoms with E-state index in [1.54, 1.807) is 13.0 Å². The van der Waals surface area contributed by atoms with Gasteiger partial charge < -0.3 is 20.2 Å². The Morgan fingerprint density at radius 2 is 1.73 bits per heavy atom. The van der Waals surface area contributed by atoms with Crippen LogP contribution in [0.2, 0.25) is 0 Å². The van der Waals surface area contributed by atoms with Crippen LogP contribution in [-0.2, 0) is 12.0 Å². The van der Waals surface area contributed by atoms with Crippen LogP contribution >= 0.6 is 11.3 Å². The van der Waals surface area contributed by atoms with Crippen LogP contribution in [0.4, 0.5) is 14.5 Å². The second kappa shape index (κ2) is 11.1. The SMILES string of the molecule is Cc1cc(C(F)F)nc2sc(C(N)=O)c(NC(=O)c3ccc(COc4ccc(C(C)(C)c5ccccc5)cc4)o3)c12. The number of aromatic nitrogens is 1. The maximum Gasteiger partial charge on any atom is 0.291 e. The molecule has 2 aromatic carbocycles. The molecular formula is C31H27F2N3O4S. The van der Waals surface area contributed by atoms with Crippen LogP contribution in [-0.4, -0.2) is 16.8 Å². The van der Waals surface area contributed by atoms with Gasteiger partial charge in [-0.2, -0.15) is 0 Å². The second-order valence-corrected chi connectivity index (χ2v) is 11.0. The van der Waals surface area contributed by atoms with Crippen molar-refractivity contribution < 1.29 is 27.5 Å². The number of nitrogens with zero attached hydrogens (tertiary/aromatic N) is 1. The van der Waals surface area contributed by atoms with Crippen molar-refractivity contribution in [3.8, 4) is 5.75 Å². The maximum atomic E-state index is 13.2. The van der Waals surface area contributed by atoms with Gasteiger partial charge in [0.15, 0.2) is 5.76 Å². The molecular weight excluding hydrogens is 548 g/mol. The molecule has 0 fully saturated rings. The van der Waals surface area contributed by atoms with Crippen molar-refractivity contribution in [2.24, 2.45) is 5.73 Å². The van der Waals surface area contributed by atoms with Gasteiger partial charge in [-0.3, -0.25) is 9.59 Å². The molecule has 0 radical (unpaired) electrons. The Hall–Kier alpha value is -4.57. The van der Waals surface area contributed by atoms with Gasteiger partial charge in [0.2, 0.25) is 0 Å². The molecule has 2 amide bonds. The van der Waals surface area contributed by atoms with E-state index in [0.717, 1.165) is 16.9 Å². The number of hydrogen-bond donors (Lipinski definition) is 2. The summed E-state index contributed by atoms with van der Waals surface area (Å²) in [6.07, 6.45) is -2.78. The van der Waals surface area contributed by atoms with Crippen molar-refractivity contribution in [2.75, 3.05) is 5.32 Å². The number of furan rings is 1. The van der Waals surface area contributed by atoms with E-state index < -0.39 is 23.9 Å². The topological polar surface area (TPSA) is 107 Å². The van der Waals surface area contributed by atoms with Crippen LogP contribution in [0.15, 0.2) is 77.2 Å². The fourth-order valence-electron chi connectivity index (χ4n) is 4.61. The molecule has 0 aliphatic heterocycles. The number of ether oxygens (including phenoxy) is 1. The number of carbonyl (C=O) groups is 2. The Kier molecular flexibility index (Phi) is 7.59. The molecule has 7 nitrogen and oxygen atoms in total. The lowest BCUT2D eigenvalue weighted by atomic mass is 9.78. The average Bonchev–Trinajstić information content (AvgIpc) is 3.58. The molecule has 210 valence electrons. The number of hydrogen-bond acceptors (Lipinski definition) is 6. The lowest BCUT2D eigenvalue weighted by Gasteiger charge is -2.26. The quantitative estimate of drug-likeness (QED) is 0.191. The summed E-state index contributed by atoms with van der Waals surface area (Å²) in [5, 5.41) is 3.02. The summed E-state index contributed by atoms with van der Waals surface area (Å²) in [5.41, 5.74) is 7.79. The second-order valence-electron chi connectivity index (χ2n) is 10.0. The first-order valence-electron chi connectivity index (χ1n) is 12.8. The minimum absolute atomic E-state index is 0.00404. The van der Waals surface area contributed by atoms with Gasteiger partial charge in [-0.15, -0.1) is 11.3 Å². The molecule has 3 aromatic heterocycles. The number of nitrogens with one attached hydrogen (secondary N) is 1. The minimum atomic E-state index is -2.78. The van der Waals surface area contributed by atoms with Gasteiger partial charge in [0.25, 0.3) is 18.2 Å². The number of carbonyl (C=O) groups excluding carboxylic acids is 2. The molecule has 0 saturated carbocycles. The van der Waals surface area contributed by atoms with Gasteiger partial charge in [-0.05, 0) is 53.9 Å². The maximum absolute atomic E-state index is 13.2. The summed E-state index contributed by atoms with van der Waals surface area (Å²) >= 11 is 0.843. The summed E-state index contributed by atoms with van der Waals surface area (Å²) in [4.78, 5) is 29.2. The number of nitrogens with two attached hydrogens (primary N) is 1. The third-order valence-corrected chi connectivity index (χ3v) is 8.00. The molecule has 10 heteroatoms. The largest absolute Gasteiger partial charge is 0.486 e. The van der Waals surface area contributed by atoms with Crippen LogP contribution in [0.1, 0.15) is 68.6 Å². The molecule has 0 spiro atoms.